The number of nitrogens with zero attached hydrogens (tertiary/aromatic N) is 6. The van der Waals surface area contributed by atoms with Crippen LogP contribution in [0, 0.1) is 0 Å². The van der Waals surface area contributed by atoms with E-state index in [0.717, 1.165) is 74.4 Å². The van der Waals surface area contributed by atoms with Crippen molar-refractivity contribution in [3.63, 3.8) is 0 Å². The van der Waals surface area contributed by atoms with Gasteiger partial charge in [0, 0.05) is 51.7 Å². The lowest BCUT2D eigenvalue weighted by atomic mass is 9.90. The molecule has 0 radical (unpaired) electrons. The Morgan fingerprint density at radius 2 is 1.79 bits per heavy atom. The fraction of sp³-hybridized carbons (Fsp3) is 0.400. The molecule has 0 N–H and O–H groups in total. The molecule has 204 valence electrons. The number of fused-ring (bicyclic) bond motifs is 2. The molecule has 39 heavy (non-hydrogen) atoms. The Balaban J connectivity index is 1.34. The van der Waals surface area contributed by atoms with Gasteiger partial charge in [-0.15, -0.1) is 0 Å². The van der Waals surface area contributed by atoms with Crippen LogP contribution in [-0.4, -0.2) is 57.4 Å². The number of imidazole rings is 1. The van der Waals surface area contributed by atoms with E-state index in [4.69, 9.17) is 9.97 Å². The van der Waals surface area contributed by atoms with Crippen molar-refractivity contribution in [2.75, 3.05) is 38.1 Å². The number of likely N-dealkylation sites (N-methyl/N-ethyl adjacent to an activating group) is 1. The van der Waals surface area contributed by atoms with Crippen LogP contribution in [0.4, 0.5) is 19.0 Å². The highest BCUT2D eigenvalue weighted by Gasteiger charge is 2.32. The van der Waals surface area contributed by atoms with Crippen molar-refractivity contribution in [3.8, 4) is 0 Å². The second-order valence-corrected chi connectivity index (χ2v) is 10.7. The topological polar surface area (TPSA) is 39.9 Å². The Hall–Kier alpha value is -3.43. The molecule has 0 unspecified atom stereocenters. The van der Waals surface area contributed by atoms with Gasteiger partial charge in [0.15, 0.2) is 0 Å². The molecule has 2 aliphatic rings. The van der Waals surface area contributed by atoms with Crippen LogP contribution in [-0.2, 0) is 25.7 Å². The lowest BCUT2D eigenvalue weighted by Crippen LogP contribution is -2.45. The maximum absolute atomic E-state index is 13.5. The number of benzene rings is 1. The molecule has 1 saturated heterocycles. The second kappa shape index (κ2) is 10.6. The summed E-state index contributed by atoms with van der Waals surface area (Å²) in [5.41, 5.74) is 4.03. The summed E-state index contributed by atoms with van der Waals surface area (Å²) in [5.74, 6) is 1.12. The molecule has 1 fully saturated rings. The number of hydrogen-bond acceptors (Lipinski definition) is 5. The maximum atomic E-state index is 13.5. The molecule has 1 aliphatic heterocycles. The summed E-state index contributed by atoms with van der Waals surface area (Å²) in [4.78, 5) is 16.7. The number of alkyl halides is 3. The first-order chi connectivity index (χ1) is 18.8. The lowest BCUT2D eigenvalue weighted by molar-refractivity contribution is -0.137. The molecular formula is C30H33F3N6. The summed E-state index contributed by atoms with van der Waals surface area (Å²) in [6.45, 7) is 4.82. The van der Waals surface area contributed by atoms with E-state index in [-0.39, 0.29) is 6.04 Å². The van der Waals surface area contributed by atoms with Gasteiger partial charge in [0.1, 0.15) is 11.5 Å². The molecule has 0 saturated carbocycles. The number of aromatic nitrogens is 3. The maximum Gasteiger partial charge on any atom is 0.416 e. The number of hydrogen-bond donors (Lipinski definition) is 0. The van der Waals surface area contributed by atoms with Crippen molar-refractivity contribution in [2.45, 2.75) is 44.6 Å². The van der Waals surface area contributed by atoms with Gasteiger partial charge < -0.3 is 9.80 Å². The Labute approximate surface area is 226 Å². The molecule has 4 heterocycles. The first-order valence-corrected chi connectivity index (χ1v) is 13.6. The number of anilines is 1. The van der Waals surface area contributed by atoms with Gasteiger partial charge in [0.2, 0.25) is 0 Å². The van der Waals surface area contributed by atoms with Gasteiger partial charge >= 0.3 is 6.18 Å². The SMILES string of the molecule is CN1CCN(c2cccc3nc(CN(Cc4cccc(C(F)(F)F)c4)[C@H]4CCCc5cccnc54)cn23)CC1. The number of rotatable bonds is 6. The molecule has 6 rings (SSSR count). The quantitative estimate of drug-likeness (QED) is 0.323. The number of halogens is 3. The van der Waals surface area contributed by atoms with Crippen LogP contribution in [0.1, 0.15) is 47.0 Å². The number of aryl methyl sites for hydroxylation is 1. The van der Waals surface area contributed by atoms with Crippen molar-refractivity contribution in [2.24, 2.45) is 0 Å². The van der Waals surface area contributed by atoms with Gasteiger partial charge in [0.25, 0.3) is 0 Å². The number of pyridine rings is 2. The van der Waals surface area contributed by atoms with E-state index in [1.54, 1.807) is 6.07 Å². The molecule has 4 aromatic rings. The lowest BCUT2D eigenvalue weighted by Gasteiger charge is -2.35. The molecule has 0 amide bonds. The van der Waals surface area contributed by atoms with E-state index in [1.807, 2.05) is 24.4 Å². The predicted molar refractivity (Wildman–Crippen MR) is 146 cm³/mol. The molecule has 1 aromatic carbocycles. The van der Waals surface area contributed by atoms with E-state index < -0.39 is 11.7 Å². The van der Waals surface area contributed by atoms with Gasteiger partial charge in [-0.3, -0.25) is 14.3 Å². The summed E-state index contributed by atoms with van der Waals surface area (Å²) in [6, 6.07) is 15.9. The van der Waals surface area contributed by atoms with Crippen LogP contribution in [0.15, 0.2) is 67.0 Å². The summed E-state index contributed by atoms with van der Waals surface area (Å²) < 4.78 is 42.6. The Bertz CT molecular complexity index is 1440. The van der Waals surface area contributed by atoms with Gasteiger partial charge in [-0.05, 0) is 61.7 Å². The van der Waals surface area contributed by atoms with Crippen LogP contribution in [0.25, 0.3) is 5.65 Å². The molecule has 3 aromatic heterocycles. The van der Waals surface area contributed by atoms with Crippen molar-refractivity contribution in [1.82, 2.24) is 24.2 Å². The van der Waals surface area contributed by atoms with Crippen molar-refractivity contribution >= 4 is 11.5 Å². The molecule has 9 heteroatoms. The summed E-state index contributed by atoms with van der Waals surface area (Å²) >= 11 is 0. The van der Waals surface area contributed by atoms with Crippen molar-refractivity contribution in [1.29, 1.82) is 0 Å². The minimum Gasteiger partial charge on any atom is -0.355 e. The Morgan fingerprint density at radius 3 is 2.62 bits per heavy atom. The van der Waals surface area contributed by atoms with Crippen LogP contribution in [0.3, 0.4) is 0 Å². The van der Waals surface area contributed by atoms with Gasteiger partial charge in [-0.1, -0.05) is 30.3 Å². The van der Waals surface area contributed by atoms with E-state index in [1.165, 1.54) is 17.7 Å². The van der Waals surface area contributed by atoms with E-state index in [0.29, 0.717) is 18.7 Å². The van der Waals surface area contributed by atoms with Crippen LogP contribution >= 0.6 is 0 Å². The fourth-order valence-corrected chi connectivity index (χ4v) is 5.92. The molecular weight excluding hydrogens is 501 g/mol. The average molecular weight is 535 g/mol. The minimum atomic E-state index is -4.37. The van der Waals surface area contributed by atoms with E-state index >= 15 is 0 Å². The van der Waals surface area contributed by atoms with E-state index in [2.05, 4.69) is 44.5 Å². The first kappa shape index (κ1) is 25.8. The average Bonchev–Trinajstić information content (AvgIpc) is 3.35. The standard InChI is InChI=1S/C30H33F3N6/c1-36-14-16-37(17-15-36)28-12-4-11-27-35-25(21-39(27)28)20-38(19-22-6-2-9-24(18-22)30(31,32)33)26-10-3-7-23-8-5-13-34-29(23)26/h2,4-6,8-9,11-13,18,21,26H,3,7,10,14-17,19-20H2,1H3/t26-/m0/s1. The highest BCUT2D eigenvalue weighted by molar-refractivity contribution is 5.53. The predicted octanol–water partition coefficient (Wildman–Crippen LogP) is 5.58. The third kappa shape index (κ3) is 5.51. The third-order valence-electron chi connectivity index (χ3n) is 7.96. The van der Waals surface area contributed by atoms with Crippen LogP contribution in [0.5, 0.6) is 0 Å². The second-order valence-electron chi connectivity index (χ2n) is 10.7. The minimum absolute atomic E-state index is 0.00593. The fourth-order valence-electron chi connectivity index (χ4n) is 5.92. The summed E-state index contributed by atoms with van der Waals surface area (Å²) in [5, 5.41) is 0. The normalized spacial score (nSPS) is 18.6. The molecule has 6 nitrogen and oxygen atoms in total. The zero-order chi connectivity index (χ0) is 27.0. The molecule has 1 aliphatic carbocycles. The largest absolute Gasteiger partial charge is 0.416 e. The highest BCUT2D eigenvalue weighted by Crippen LogP contribution is 2.36. The molecule has 0 bridgehead atoms. The van der Waals surface area contributed by atoms with E-state index in [9.17, 15) is 13.2 Å². The summed E-state index contributed by atoms with van der Waals surface area (Å²) in [6.07, 6.45) is 2.42. The Morgan fingerprint density at radius 1 is 0.974 bits per heavy atom. The van der Waals surface area contributed by atoms with Gasteiger partial charge in [-0.2, -0.15) is 13.2 Å². The Kier molecular flexibility index (Phi) is 7.03. The monoisotopic (exact) mass is 534 g/mol. The summed E-state index contributed by atoms with van der Waals surface area (Å²) in [7, 11) is 2.14. The van der Waals surface area contributed by atoms with Crippen molar-refractivity contribution in [3.05, 3.63) is 95.1 Å². The van der Waals surface area contributed by atoms with Crippen LogP contribution < -0.4 is 4.90 Å². The highest BCUT2D eigenvalue weighted by atomic mass is 19.4. The van der Waals surface area contributed by atoms with Crippen LogP contribution in [0.2, 0.25) is 0 Å². The molecule has 1 atom stereocenters. The van der Waals surface area contributed by atoms with Crippen molar-refractivity contribution < 1.29 is 13.2 Å². The first-order valence-electron chi connectivity index (χ1n) is 13.6. The van der Waals surface area contributed by atoms with Gasteiger partial charge in [-0.25, -0.2) is 4.98 Å². The zero-order valence-electron chi connectivity index (χ0n) is 22.1. The zero-order valence-corrected chi connectivity index (χ0v) is 22.1. The molecule has 0 spiro atoms. The number of piperazine rings is 1. The third-order valence-corrected chi connectivity index (χ3v) is 7.96. The smallest absolute Gasteiger partial charge is 0.355 e. The van der Waals surface area contributed by atoms with Gasteiger partial charge in [0.05, 0.1) is 23.0 Å².